The quantitative estimate of drug-likeness (QED) is 0.709. The molecule has 6 heteroatoms. The fourth-order valence-electron chi connectivity index (χ4n) is 2.79. The lowest BCUT2D eigenvalue weighted by Crippen LogP contribution is -2.57. The van der Waals surface area contributed by atoms with Crippen molar-refractivity contribution in [2.75, 3.05) is 26.9 Å². The first kappa shape index (κ1) is 14.3. The molecule has 0 aliphatic carbocycles. The predicted octanol–water partition coefficient (Wildman–Crippen LogP) is -0.0957. The van der Waals surface area contributed by atoms with E-state index in [1.165, 1.54) is 7.11 Å². The van der Waals surface area contributed by atoms with E-state index in [2.05, 4.69) is 0 Å². The second-order valence-electron chi connectivity index (χ2n) is 5.57. The number of rotatable bonds is 2. The van der Waals surface area contributed by atoms with Crippen molar-refractivity contribution in [3.05, 3.63) is 0 Å². The highest BCUT2D eigenvalue weighted by Crippen LogP contribution is 2.32. The number of hydrogen-bond donors (Lipinski definition) is 1. The van der Waals surface area contributed by atoms with Gasteiger partial charge in [0.15, 0.2) is 0 Å². The summed E-state index contributed by atoms with van der Waals surface area (Å²) in [6.07, 6.45) is 2.50. The Hall–Kier alpha value is -1.14. The number of piperidine rings is 1. The summed E-state index contributed by atoms with van der Waals surface area (Å²) in [5.74, 6) is -0.434. The van der Waals surface area contributed by atoms with Gasteiger partial charge in [-0.05, 0) is 26.2 Å². The second kappa shape index (κ2) is 5.46. The van der Waals surface area contributed by atoms with Gasteiger partial charge in [0.25, 0.3) is 0 Å². The average molecular weight is 270 g/mol. The van der Waals surface area contributed by atoms with E-state index in [1.807, 2.05) is 6.92 Å². The first-order chi connectivity index (χ1) is 9.00. The molecule has 2 N–H and O–H groups in total. The molecule has 0 aromatic rings. The molecular formula is C13H22N2O4. The van der Waals surface area contributed by atoms with Crippen LogP contribution in [0.25, 0.3) is 0 Å². The van der Waals surface area contributed by atoms with Crippen LogP contribution in [0.3, 0.4) is 0 Å². The van der Waals surface area contributed by atoms with Crippen LogP contribution in [0, 0.1) is 5.41 Å². The van der Waals surface area contributed by atoms with Gasteiger partial charge in [0.05, 0.1) is 25.7 Å². The summed E-state index contributed by atoms with van der Waals surface area (Å²) in [7, 11) is 1.35. The molecular weight excluding hydrogens is 248 g/mol. The Bertz CT molecular complexity index is 374. The maximum Gasteiger partial charge on any atom is 0.328 e. The van der Waals surface area contributed by atoms with Gasteiger partial charge in [-0.15, -0.1) is 0 Å². The molecule has 2 rings (SSSR count). The fraction of sp³-hybridized carbons (Fsp3) is 0.846. The third-order valence-electron chi connectivity index (χ3n) is 4.24. The lowest BCUT2D eigenvalue weighted by molar-refractivity contribution is -0.159. The molecule has 0 radical (unpaired) electrons. The van der Waals surface area contributed by atoms with Gasteiger partial charge in [-0.3, -0.25) is 4.79 Å². The number of ether oxygens (including phenoxy) is 2. The fourth-order valence-corrected chi connectivity index (χ4v) is 2.79. The van der Waals surface area contributed by atoms with Crippen molar-refractivity contribution in [3.8, 4) is 0 Å². The molecule has 108 valence electrons. The molecule has 0 aromatic carbocycles. The summed E-state index contributed by atoms with van der Waals surface area (Å²) in [4.78, 5) is 26.2. The Labute approximate surface area is 113 Å². The molecule has 0 spiro atoms. The molecule has 6 nitrogen and oxygen atoms in total. The number of nitrogens with two attached hydrogens (primary N) is 1. The summed E-state index contributed by atoms with van der Waals surface area (Å²) in [5, 5.41) is 0. The van der Waals surface area contributed by atoms with Crippen LogP contribution in [0.15, 0.2) is 0 Å². The van der Waals surface area contributed by atoms with E-state index in [-0.39, 0.29) is 17.9 Å². The van der Waals surface area contributed by atoms with Crippen LogP contribution in [0.2, 0.25) is 0 Å². The Kier molecular flexibility index (Phi) is 4.10. The lowest BCUT2D eigenvalue weighted by atomic mass is 9.83. The van der Waals surface area contributed by atoms with Crippen molar-refractivity contribution in [3.63, 3.8) is 0 Å². The molecule has 2 fully saturated rings. The molecule has 2 heterocycles. The van der Waals surface area contributed by atoms with Crippen molar-refractivity contribution >= 4 is 11.9 Å². The SMILES string of the molecule is COC(=O)C1CCCCN1C(=O)C1(C)COCC1N. The van der Waals surface area contributed by atoms with Gasteiger partial charge in [-0.25, -0.2) is 4.79 Å². The average Bonchev–Trinajstić information content (AvgIpc) is 2.78. The van der Waals surface area contributed by atoms with Crippen LogP contribution in [-0.2, 0) is 19.1 Å². The summed E-state index contributed by atoms with van der Waals surface area (Å²) in [6, 6.07) is -0.795. The molecule has 0 aromatic heterocycles. The van der Waals surface area contributed by atoms with Crippen molar-refractivity contribution in [1.29, 1.82) is 0 Å². The van der Waals surface area contributed by atoms with E-state index in [9.17, 15) is 9.59 Å². The third kappa shape index (κ3) is 2.47. The van der Waals surface area contributed by atoms with Gasteiger partial charge in [-0.2, -0.15) is 0 Å². The topological polar surface area (TPSA) is 81.9 Å². The van der Waals surface area contributed by atoms with Crippen molar-refractivity contribution in [2.24, 2.45) is 11.1 Å². The number of likely N-dealkylation sites (tertiary alicyclic amines) is 1. The van der Waals surface area contributed by atoms with Crippen molar-refractivity contribution in [1.82, 2.24) is 4.90 Å². The molecule has 2 aliphatic rings. The first-order valence-corrected chi connectivity index (χ1v) is 6.73. The normalized spacial score (nSPS) is 35.2. The first-order valence-electron chi connectivity index (χ1n) is 6.73. The van der Waals surface area contributed by atoms with Crippen LogP contribution in [-0.4, -0.2) is 55.7 Å². The Morgan fingerprint density at radius 3 is 2.74 bits per heavy atom. The van der Waals surface area contributed by atoms with Gasteiger partial charge in [0.2, 0.25) is 5.91 Å². The third-order valence-corrected chi connectivity index (χ3v) is 4.24. The molecule has 19 heavy (non-hydrogen) atoms. The highest BCUT2D eigenvalue weighted by atomic mass is 16.5. The number of nitrogens with zero attached hydrogens (tertiary/aromatic N) is 1. The molecule has 3 unspecified atom stereocenters. The highest BCUT2D eigenvalue weighted by molar-refractivity contribution is 5.89. The van der Waals surface area contributed by atoms with E-state index in [0.29, 0.717) is 26.2 Å². The number of esters is 1. The highest BCUT2D eigenvalue weighted by Gasteiger charge is 2.49. The van der Waals surface area contributed by atoms with Crippen LogP contribution in [0.4, 0.5) is 0 Å². The van der Waals surface area contributed by atoms with E-state index < -0.39 is 11.5 Å². The lowest BCUT2D eigenvalue weighted by Gasteiger charge is -2.39. The van der Waals surface area contributed by atoms with Gasteiger partial charge in [0, 0.05) is 12.6 Å². The predicted molar refractivity (Wildman–Crippen MR) is 68.3 cm³/mol. The van der Waals surface area contributed by atoms with Gasteiger partial charge in [-0.1, -0.05) is 0 Å². The molecule has 2 saturated heterocycles. The molecule has 3 atom stereocenters. The van der Waals surface area contributed by atoms with Gasteiger partial charge >= 0.3 is 5.97 Å². The number of carbonyl (C=O) groups excluding carboxylic acids is 2. The van der Waals surface area contributed by atoms with E-state index in [4.69, 9.17) is 15.2 Å². The maximum absolute atomic E-state index is 12.7. The van der Waals surface area contributed by atoms with E-state index in [1.54, 1.807) is 4.90 Å². The van der Waals surface area contributed by atoms with Gasteiger partial charge < -0.3 is 20.1 Å². The number of amides is 1. The Morgan fingerprint density at radius 2 is 2.16 bits per heavy atom. The molecule has 0 saturated carbocycles. The minimum Gasteiger partial charge on any atom is -0.467 e. The summed E-state index contributed by atoms with van der Waals surface area (Å²) in [5.41, 5.74) is 5.25. The minimum absolute atomic E-state index is 0.0902. The minimum atomic E-state index is -0.733. The standard InChI is InChI=1S/C13H22N2O4/c1-13(8-19-7-10(13)14)12(17)15-6-4-3-5-9(15)11(16)18-2/h9-10H,3-8,14H2,1-2H3. The molecule has 2 aliphatic heterocycles. The van der Waals surface area contributed by atoms with Crippen LogP contribution < -0.4 is 5.73 Å². The molecule has 1 amide bonds. The van der Waals surface area contributed by atoms with E-state index in [0.717, 1.165) is 12.8 Å². The monoisotopic (exact) mass is 270 g/mol. The largest absolute Gasteiger partial charge is 0.467 e. The van der Waals surface area contributed by atoms with Crippen molar-refractivity contribution < 1.29 is 19.1 Å². The molecule has 0 bridgehead atoms. The maximum atomic E-state index is 12.7. The van der Waals surface area contributed by atoms with Crippen LogP contribution in [0.1, 0.15) is 26.2 Å². The summed E-state index contributed by atoms with van der Waals surface area (Å²) >= 11 is 0. The second-order valence-corrected chi connectivity index (χ2v) is 5.57. The van der Waals surface area contributed by atoms with Crippen LogP contribution in [0.5, 0.6) is 0 Å². The zero-order chi connectivity index (χ0) is 14.0. The number of methoxy groups -OCH3 is 1. The van der Waals surface area contributed by atoms with Crippen LogP contribution >= 0.6 is 0 Å². The summed E-state index contributed by atoms with van der Waals surface area (Å²) < 4.78 is 10.1. The zero-order valence-corrected chi connectivity index (χ0v) is 11.6. The Morgan fingerprint density at radius 1 is 1.42 bits per heavy atom. The Balaban J connectivity index is 2.18. The number of carbonyl (C=O) groups is 2. The summed E-state index contributed by atoms with van der Waals surface area (Å²) in [6.45, 7) is 3.10. The smallest absolute Gasteiger partial charge is 0.328 e. The zero-order valence-electron chi connectivity index (χ0n) is 11.6. The van der Waals surface area contributed by atoms with Crippen molar-refractivity contribution in [2.45, 2.75) is 38.3 Å². The van der Waals surface area contributed by atoms with Gasteiger partial charge in [0.1, 0.15) is 6.04 Å². The number of hydrogen-bond acceptors (Lipinski definition) is 5. The van der Waals surface area contributed by atoms with E-state index >= 15 is 0 Å².